The molecule has 5 rings (SSSR count). The van der Waals surface area contributed by atoms with Crippen molar-refractivity contribution < 1.29 is 8.78 Å². The second-order valence-electron chi connectivity index (χ2n) is 10.4. The standard InChI is InChI=1S/C34H37F2N3/c35-32-17-13-30(14-18-32)34(31-15-19-33(36)20-16-31)12-7-21-37-22-24-38(26-28-8-3-1-4-9-28)39(25-23-37)27-29-10-5-2-6-11-29/h1-6,8-11,13-20,34H,7,12,21-27H2. The molecule has 202 valence electrons. The van der Waals surface area contributed by atoms with Gasteiger partial charge in [-0.15, -0.1) is 0 Å². The topological polar surface area (TPSA) is 9.72 Å². The summed E-state index contributed by atoms with van der Waals surface area (Å²) in [6.45, 7) is 6.77. The van der Waals surface area contributed by atoms with Crippen LogP contribution in [0.25, 0.3) is 0 Å². The molecule has 0 spiro atoms. The van der Waals surface area contributed by atoms with Gasteiger partial charge in [0.1, 0.15) is 11.6 Å². The maximum atomic E-state index is 13.6. The van der Waals surface area contributed by atoms with Crippen LogP contribution in [0.1, 0.15) is 41.0 Å². The first-order chi connectivity index (χ1) is 19.1. The number of benzene rings is 4. The van der Waals surface area contributed by atoms with Gasteiger partial charge >= 0.3 is 0 Å². The maximum Gasteiger partial charge on any atom is 0.123 e. The lowest BCUT2D eigenvalue weighted by Crippen LogP contribution is -2.42. The molecule has 1 fully saturated rings. The summed E-state index contributed by atoms with van der Waals surface area (Å²) in [5.41, 5.74) is 4.79. The van der Waals surface area contributed by atoms with E-state index in [1.807, 2.05) is 24.3 Å². The highest BCUT2D eigenvalue weighted by Crippen LogP contribution is 2.30. The van der Waals surface area contributed by atoms with E-state index >= 15 is 0 Å². The van der Waals surface area contributed by atoms with Crippen molar-refractivity contribution in [2.45, 2.75) is 31.8 Å². The van der Waals surface area contributed by atoms with Crippen molar-refractivity contribution in [3.05, 3.63) is 143 Å². The van der Waals surface area contributed by atoms with Crippen molar-refractivity contribution in [1.82, 2.24) is 14.9 Å². The highest BCUT2D eigenvalue weighted by molar-refractivity contribution is 5.32. The van der Waals surface area contributed by atoms with Gasteiger partial charge < -0.3 is 4.90 Å². The Morgan fingerprint density at radius 1 is 0.538 bits per heavy atom. The summed E-state index contributed by atoms with van der Waals surface area (Å²) in [6, 6.07) is 34.9. The third-order valence-electron chi connectivity index (χ3n) is 7.68. The van der Waals surface area contributed by atoms with E-state index in [1.54, 1.807) is 0 Å². The lowest BCUT2D eigenvalue weighted by molar-refractivity contribution is -0.0280. The van der Waals surface area contributed by atoms with E-state index in [0.717, 1.165) is 69.8 Å². The van der Waals surface area contributed by atoms with Crippen LogP contribution >= 0.6 is 0 Å². The number of hydrazine groups is 1. The molecular weight excluding hydrogens is 488 g/mol. The van der Waals surface area contributed by atoms with Crippen molar-refractivity contribution in [3.8, 4) is 0 Å². The Morgan fingerprint density at radius 3 is 1.41 bits per heavy atom. The number of hydrogen-bond acceptors (Lipinski definition) is 3. The largest absolute Gasteiger partial charge is 0.301 e. The zero-order valence-corrected chi connectivity index (χ0v) is 22.4. The molecule has 4 aromatic carbocycles. The number of rotatable bonds is 10. The molecule has 0 atom stereocenters. The second kappa shape index (κ2) is 13.6. The molecule has 3 nitrogen and oxygen atoms in total. The maximum absolute atomic E-state index is 13.6. The van der Waals surface area contributed by atoms with Crippen molar-refractivity contribution in [3.63, 3.8) is 0 Å². The molecule has 0 amide bonds. The van der Waals surface area contributed by atoms with E-state index in [-0.39, 0.29) is 17.6 Å². The van der Waals surface area contributed by atoms with Gasteiger partial charge in [-0.2, -0.15) is 0 Å². The zero-order chi connectivity index (χ0) is 26.9. The van der Waals surface area contributed by atoms with E-state index in [4.69, 9.17) is 0 Å². The third-order valence-corrected chi connectivity index (χ3v) is 7.68. The molecule has 1 aliphatic heterocycles. The second-order valence-corrected chi connectivity index (χ2v) is 10.4. The van der Waals surface area contributed by atoms with Gasteiger partial charge in [0, 0.05) is 45.2 Å². The average molecular weight is 526 g/mol. The Kier molecular flexibility index (Phi) is 9.49. The molecule has 1 aliphatic rings. The number of nitrogens with zero attached hydrogens (tertiary/aromatic N) is 3. The molecule has 0 unspecified atom stereocenters. The minimum absolute atomic E-state index is 0.113. The Balaban J connectivity index is 1.24. The first-order valence-corrected chi connectivity index (χ1v) is 13.9. The summed E-state index contributed by atoms with van der Waals surface area (Å²) in [4.78, 5) is 2.56. The minimum Gasteiger partial charge on any atom is -0.301 e. The summed E-state index contributed by atoms with van der Waals surface area (Å²) >= 11 is 0. The average Bonchev–Trinajstić information content (AvgIpc) is 3.15. The van der Waals surface area contributed by atoms with Crippen molar-refractivity contribution in [2.24, 2.45) is 0 Å². The van der Waals surface area contributed by atoms with E-state index < -0.39 is 0 Å². The van der Waals surface area contributed by atoms with Crippen LogP contribution in [0, 0.1) is 11.6 Å². The van der Waals surface area contributed by atoms with Gasteiger partial charge in [0.15, 0.2) is 0 Å². The molecule has 4 aromatic rings. The minimum atomic E-state index is -0.235. The summed E-state index contributed by atoms with van der Waals surface area (Å²) in [5, 5.41) is 5.00. The van der Waals surface area contributed by atoms with E-state index in [1.165, 1.54) is 35.4 Å². The quantitative estimate of drug-likeness (QED) is 0.218. The van der Waals surface area contributed by atoms with Crippen LogP contribution in [0.15, 0.2) is 109 Å². The molecule has 0 aromatic heterocycles. The van der Waals surface area contributed by atoms with Crippen LogP contribution in [0.3, 0.4) is 0 Å². The molecule has 1 heterocycles. The molecule has 0 N–H and O–H groups in total. The first kappa shape index (κ1) is 27.2. The third kappa shape index (κ3) is 7.82. The lowest BCUT2D eigenvalue weighted by Gasteiger charge is -2.33. The molecule has 5 heteroatoms. The molecular formula is C34H37F2N3. The fourth-order valence-electron chi connectivity index (χ4n) is 5.51. The van der Waals surface area contributed by atoms with Gasteiger partial charge in [-0.3, -0.25) is 0 Å². The molecule has 39 heavy (non-hydrogen) atoms. The van der Waals surface area contributed by atoms with Gasteiger partial charge in [0.25, 0.3) is 0 Å². The smallest absolute Gasteiger partial charge is 0.123 e. The van der Waals surface area contributed by atoms with Crippen molar-refractivity contribution >= 4 is 0 Å². The lowest BCUT2D eigenvalue weighted by atomic mass is 9.87. The van der Waals surface area contributed by atoms with Crippen LogP contribution in [0.5, 0.6) is 0 Å². The van der Waals surface area contributed by atoms with E-state index in [2.05, 4.69) is 75.6 Å². The SMILES string of the molecule is Fc1ccc(C(CCCN2CCN(Cc3ccccc3)N(Cc3ccccc3)CC2)c2ccc(F)cc2)cc1. The summed E-state index contributed by atoms with van der Waals surface area (Å²) in [7, 11) is 0. The Labute approximate surface area is 231 Å². The Morgan fingerprint density at radius 2 is 0.974 bits per heavy atom. The van der Waals surface area contributed by atoms with Gasteiger partial charge in [0.05, 0.1) is 0 Å². The van der Waals surface area contributed by atoms with Gasteiger partial charge in [-0.25, -0.2) is 18.8 Å². The molecule has 0 saturated carbocycles. The fraction of sp³-hybridized carbons (Fsp3) is 0.294. The molecule has 0 radical (unpaired) electrons. The van der Waals surface area contributed by atoms with Crippen LogP contribution in [-0.4, -0.2) is 47.6 Å². The normalized spacial score (nSPS) is 15.5. The Bertz CT molecular complexity index is 1170. The summed E-state index contributed by atoms with van der Waals surface area (Å²) in [6.07, 6.45) is 1.94. The van der Waals surface area contributed by atoms with Crippen molar-refractivity contribution in [2.75, 3.05) is 32.7 Å². The monoisotopic (exact) mass is 525 g/mol. The highest BCUT2D eigenvalue weighted by Gasteiger charge is 2.23. The first-order valence-electron chi connectivity index (χ1n) is 13.9. The number of hydrogen-bond donors (Lipinski definition) is 0. The summed E-state index contributed by atoms with van der Waals surface area (Å²) < 4.78 is 27.2. The van der Waals surface area contributed by atoms with E-state index in [9.17, 15) is 8.78 Å². The predicted molar refractivity (Wildman–Crippen MR) is 154 cm³/mol. The van der Waals surface area contributed by atoms with Crippen LogP contribution in [0.4, 0.5) is 8.78 Å². The fourth-order valence-corrected chi connectivity index (χ4v) is 5.51. The highest BCUT2D eigenvalue weighted by atomic mass is 19.1. The molecule has 0 aliphatic carbocycles. The Hall–Kier alpha value is -3.38. The van der Waals surface area contributed by atoms with E-state index in [0.29, 0.717) is 0 Å². The van der Waals surface area contributed by atoms with Crippen LogP contribution in [0.2, 0.25) is 0 Å². The van der Waals surface area contributed by atoms with Gasteiger partial charge in [0.2, 0.25) is 0 Å². The number of halogens is 2. The summed E-state index contributed by atoms with van der Waals surface area (Å²) in [5.74, 6) is -0.357. The van der Waals surface area contributed by atoms with Crippen LogP contribution in [-0.2, 0) is 13.1 Å². The molecule has 0 bridgehead atoms. The zero-order valence-electron chi connectivity index (χ0n) is 22.4. The predicted octanol–water partition coefficient (Wildman–Crippen LogP) is 7.11. The van der Waals surface area contributed by atoms with Gasteiger partial charge in [-0.05, 0) is 65.9 Å². The van der Waals surface area contributed by atoms with Crippen molar-refractivity contribution in [1.29, 1.82) is 0 Å². The van der Waals surface area contributed by atoms with Crippen LogP contribution < -0.4 is 0 Å². The molecule has 1 saturated heterocycles. The van der Waals surface area contributed by atoms with Gasteiger partial charge in [-0.1, -0.05) is 84.9 Å².